The first-order chi connectivity index (χ1) is 10.2. The van der Waals surface area contributed by atoms with Crippen LogP contribution in [0.5, 0.6) is 5.75 Å². The van der Waals surface area contributed by atoms with Crippen molar-refractivity contribution in [3.63, 3.8) is 0 Å². The lowest BCUT2D eigenvalue weighted by atomic mass is 9.99. The molecule has 1 atom stereocenters. The summed E-state index contributed by atoms with van der Waals surface area (Å²) in [5, 5.41) is 6.70. The second-order valence-corrected chi connectivity index (χ2v) is 7.38. The van der Waals surface area contributed by atoms with Gasteiger partial charge in [0, 0.05) is 28.7 Å². The first kappa shape index (κ1) is 15.0. The lowest BCUT2D eigenvalue weighted by molar-refractivity contribution is 0.351. The van der Waals surface area contributed by atoms with Crippen molar-refractivity contribution in [1.82, 2.24) is 10.3 Å². The Labute approximate surface area is 137 Å². The second kappa shape index (κ2) is 6.46. The minimum Gasteiger partial charge on any atom is -0.493 e. The van der Waals surface area contributed by atoms with E-state index >= 15 is 0 Å². The SMILES string of the molecule is CNC(Cc1csc(C)n1)Cc1cc(Br)cc2c1OCC2. The molecule has 0 fully saturated rings. The Morgan fingerprint density at radius 3 is 3.00 bits per heavy atom. The van der Waals surface area contributed by atoms with Gasteiger partial charge in [0.15, 0.2) is 0 Å². The summed E-state index contributed by atoms with van der Waals surface area (Å²) in [7, 11) is 2.02. The Morgan fingerprint density at radius 1 is 1.43 bits per heavy atom. The van der Waals surface area contributed by atoms with E-state index in [1.807, 2.05) is 7.05 Å². The van der Waals surface area contributed by atoms with Gasteiger partial charge in [0.1, 0.15) is 5.75 Å². The number of aryl methyl sites for hydroxylation is 1. The zero-order valence-electron chi connectivity index (χ0n) is 12.3. The molecule has 0 bridgehead atoms. The fourth-order valence-corrected chi connectivity index (χ4v) is 3.97. The van der Waals surface area contributed by atoms with Gasteiger partial charge in [0.05, 0.1) is 17.3 Å². The molecule has 1 aromatic carbocycles. The van der Waals surface area contributed by atoms with Gasteiger partial charge in [-0.25, -0.2) is 4.98 Å². The van der Waals surface area contributed by atoms with E-state index in [0.29, 0.717) is 6.04 Å². The van der Waals surface area contributed by atoms with Gasteiger partial charge in [-0.15, -0.1) is 11.3 Å². The molecular weight excluding hydrogens is 348 g/mol. The number of benzene rings is 1. The van der Waals surface area contributed by atoms with E-state index in [1.165, 1.54) is 16.8 Å². The summed E-state index contributed by atoms with van der Waals surface area (Å²) in [6.45, 7) is 2.85. The molecule has 1 N–H and O–H groups in total. The third kappa shape index (κ3) is 3.47. The van der Waals surface area contributed by atoms with Crippen LogP contribution in [0.25, 0.3) is 0 Å². The van der Waals surface area contributed by atoms with Crippen LogP contribution in [-0.2, 0) is 19.3 Å². The number of fused-ring (bicyclic) bond motifs is 1. The maximum Gasteiger partial charge on any atom is 0.125 e. The first-order valence-corrected chi connectivity index (χ1v) is 8.85. The highest BCUT2D eigenvalue weighted by atomic mass is 79.9. The molecule has 1 aromatic heterocycles. The molecule has 21 heavy (non-hydrogen) atoms. The number of ether oxygens (including phenoxy) is 1. The van der Waals surface area contributed by atoms with Gasteiger partial charge in [-0.2, -0.15) is 0 Å². The van der Waals surface area contributed by atoms with Crippen LogP contribution in [-0.4, -0.2) is 24.7 Å². The van der Waals surface area contributed by atoms with E-state index in [1.54, 1.807) is 11.3 Å². The maximum atomic E-state index is 5.82. The van der Waals surface area contributed by atoms with Crippen molar-refractivity contribution in [3.05, 3.63) is 43.8 Å². The van der Waals surface area contributed by atoms with Crippen molar-refractivity contribution >= 4 is 27.3 Å². The van der Waals surface area contributed by atoms with Gasteiger partial charge >= 0.3 is 0 Å². The normalized spacial score (nSPS) is 14.8. The topological polar surface area (TPSA) is 34.2 Å². The maximum absolute atomic E-state index is 5.82. The van der Waals surface area contributed by atoms with Crippen molar-refractivity contribution in [2.24, 2.45) is 0 Å². The zero-order chi connectivity index (χ0) is 14.8. The number of hydrogen-bond donors (Lipinski definition) is 1. The van der Waals surface area contributed by atoms with E-state index in [4.69, 9.17) is 4.74 Å². The highest BCUT2D eigenvalue weighted by Crippen LogP contribution is 2.33. The van der Waals surface area contributed by atoms with Crippen LogP contribution in [0.4, 0.5) is 0 Å². The number of hydrogen-bond acceptors (Lipinski definition) is 4. The highest BCUT2D eigenvalue weighted by Gasteiger charge is 2.20. The predicted octanol–water partition coefficient (Wildman–Crippen LogP) is 3.52. The molecule has 1 unspecified atom stereocenters. The molecule has 1 aliphatic rings. The van der Waals surface area contributed by atoms with Gasteiger partial charge in [0.2, 0.25) is 0 Å². The highest BCUT2D eigenvalue weighted by molar-refractivity contribution is 9.10. The number of thiazole rings is 1. The monoisotopic (exact) mass is 366 g/mol. The number of likely N-dealkylation sites (N-methyl/N-ethyl adjacent to an activating group) is 1. The van der Waals surface area contributed by atoms with Crippen LogP contribution >= 0.6 is 27.3 Å². The van der Waals surface area contributed by atoms with Crippen LogP contribution < -0.4 is 10.1 Å². The van der Waals surface area contributed by atoms with E-state index < -0.39 is 0 Å². The predicted molar refractivity (Wildman–Crippen MR) is 90.4 cm³/mol. The summed E-state index contributed by atoms with van der Waals surface area (Å²) in [6, 6.07) is 4.72. The summed E-state index contributed by atoms with van der Waals surface area (Å²) in [6.07, 6.45) is 2.91. The second-order valence-electron chi connectivity index (χ2n) is 5.40. The third-order valence-corrected chi connectivity index (χ3v) is 5.10. The van der Waals surface area contributed by atoms with Gasteiger partial charge in [-0.3, -0.25) is 0 Å². The fraction of sp³-hybridized carbons (Fsp3) is 0.438. The first-order valence-electron chi connectivity index (χ1n) is 7.18. The number of nitrogens with one attached hydrogen (secondary N) is 1. The Morgan fingerprint density at radius 2 is 2.29 bits per heavy atom. The summed E-state index contributed by atoms with van der Waals surface area (Å²) in [5.41, 5.74) is 3.77. The number of aromatic nitrogens is 1. The van der Waals surface area contributed by atoms with Gasteiger partial charge in [-0.1, -0.05) is 15.9 Å². The number of halogens is 1. The number of rotatable bonds is 5. The quantitative estimate of drug-likeness (QED) is 0.878. The van der Waals surface area contributed by atoms with E-state index in [2.05, 4.69) is 50.7 Å². The van der Waals surface area contributed by atoms with Crippen molar-refractivity contribution in [2.45, 2.75) is 32.2 Å². The molecular formula is C16H19BrN2OS. The minimum absolute atomic E-state index is 0.370. The summed E-state index contributed by atoms with van der Waals surface area (Å²) in [4.78, 5) is 4.57. The average molecular weight is 367 g/mol. The summed E-state index contributed by atoms with van der Waals surface area (Å²) >= 11 is 5.33. The molecule has 2 aromatic rings. The lowest BCUT2D eigenvalue weighted by Crippen LogP contribution is -2.30. The van der Waals surface area contributed by atoms with Crippen molar-refractivity contribution in [3.8, 4) is 5.75 Å². The number of nitrogens with zero attached hydrogens (tertiary/aromatic N) is 1. The van der Waals surface area contributed by atoms with Crippen LogP contribution in [0.2, 0.25) is 0 Å². The van der Waals surface area contributed by atoms with Gasteiger partial charge < -0.3 is 10.1 Å². The van der Waals surface area contributed by atoms with E-state index in [9.17, 15) is 0 Å². The van der Waals surface area contributed by atoms with Crippen LogP contribution in [0.1, 0.15) is 21.8 Å². The van der Waals surface area contributed by atoms with Crippen molar-refractivity contribution in [1.29, 1.82) is 0 Å². The molecule has 0 amide bonds. The fourth-order valence-electron chi connectivity index (χ4n) is 2.79. The van der Waals surface area contributed by atoms with Gasteiger partial charge in [0.25, 0.3) is 0 Å². The standard InChI is InChI=1S/C16H19BrN2OS/c1-10-19-15(9-21-10)8-14(18-2)7-12-6-13(17)5-11-3-4-20-16(11)12/h5-6,9,14,18H,3-4,7-8H2,1-2H3. The van der Waals surface area contributed by atoms with Crippen LogP contribution in [0.15, 0.2) is 22.0 Å². The Bertz CT molecular complexity index is 641. The molecule has 0 saturated carbocycles. The Kier molecular flexibility index (Phi) is 4.62. The smallest absolute Gasteiger partial charge is 0.125 e. The van der Waals surface area contributed by atoms with E-state index in [0.717, 1.165) is 41.1 Å². The third-order valence-electron chi connectivity index (χ3n) is 3.82. The van der Waals surface area contributed by atoms with Gasteiger partial charge in [-0.05, 0) is 43.7 Å². The minimum atomic E-state index is 0.370. The van der Waals surface area contributed by atoms with E-state index in [-0.39, 0.29) is 0 Å². The lowest BCUT2D eigenvalue weighted by Gasteiger charge is -2.17. The van der Waals surface area contributed by atoms with Crippen LogP contribution in [0.3, 0.4) is 0 Å². The molecule has 5 heteroatoms. The Hall–Kier alpha value is -0.910. The molecule has 0 saturated heterocycles. The largest absolute Gasteiger partial charge is 0.493 e. The molecule has 0 spiro atoms. The molecule has 3 nitrogen and oxygen atoms in total. The average Bonchev–Trinajstić information content (AvgIpc) is 3.06. The Balaban J connectivity index is 1.78. The molecule has 3 rings (SSSR count). The molecule has 2 heterocycles. The summed E-state index contributed by atoms with van der Waals surface area (Å²) in [5.74, 6) is 1.09. The summed E-state index contributed by atoms with van der Waals surface area (Å²) < 4.78 is 6.96. The molecule has 0 aliphatic carbocycles. The molecule has 1 aliphatic heterocycles. The van der Waals surface area contributed by atoms with Crippen molar-refractivity contribution in [2.75, 3.05) is 13.7 Å². The molecule has 112 valence electrons. The van der Waals surface area contributed by atoms with Crippen molar-refractivity contribution < 1.29 is 4.74 Å². The zero-order valence-corrected chi connectivity index (χ0v) is 14.7. The molecule has 0 radical (unpaired) electrons. The van der Waals surface area contributed by atoms with Crippen LogP contribution in [0, 0.1) is 6.92 Å².